The number of para-hydroxylation sites is 1. The van der Waals surface area contributed by atoms with Gasteiger partial charge in [0.15, 0.2) is 5.76 Å². The minimum absolute atomic E-state index is 0.382. The van der Waals surface area contributed by atoms with Crippen molar-refractivity contribution >= 4 is 0 Å². The Morgan fingerprint density at radius 2 is 1.28 bits per heavy atom. The number of hydrogen-bond acceptors (Lipinski definition) is 2. The SMILES string of the molecule is Cc1ccccc1-n1c(-c2ccccc2)c(-c2ccccc2)oc1=O. The standard InChI is InChI=1S/C22H17NO2/c1-16-10-8-9-15-19(16)23-20(17-11-4-2-5-12-17)21(25-22(23)24)18-13-6-3-7-14-18/h2-15H,1H3. The lowest BCUT2D eigenvalue weighted by molar-refractivity contribution is 0.516. The van der Waals surface area contributed by atoms with Crippen LogP contribution in [0.4, 0.5) is 0 Å². The maximum absolute atomic E-state index is 12.8. The topological polar surface area (TPSA) is 35.1 Å². The zero-order chi connectivity index (χ0) is 17.2. The Morgan fingerprint density at radius 3 is 1.92 bits per heavy atom. The van der Waals surface area contributed by atoms with Crippen LogP contribution in [0.2, 0.25) is 0 Å². The summed E-state index contributed by atoms with van der Waals surface area (Å²) in [7, 11) is 0. The fourth-order valence-corrected chi connectivity index (χ4v) is 3.05. The van der Waals surface area contributed by atoms with Gasteiger partial charge in [-0.25, -0.2) is 9.36 Å². The molecule has 0 saturated carbocycles. The van der Waals surface area contributed by atoms with Gasteiger partial charge in [-0.3, -0.25) is 0 Å². The van der Waals surface area contributed by atoms with E-state index in [0.29, 0.717) is 5.76 Å². The van der Waals surface area contributed by atoms with Crippen molar-refractivity contribution in [3.63, 3.8) is 0 Å². The Balaban J connectivity index is 2.08. The van der Waals surface area contributed by atoms with Crippen molar-refractivity contribution in [1.29, 1.82) is 0 Å². The molecule has 122 valence electrons. The van der Waals surface area contributed by atoms with E-state index in [9.17, 15) is 4.79 Å². The molecule has 25 heavy (non-hydrogen) atoms. The second-order valence-electron chi connectivity index (χ2n) is 5.90. The summed E-state index contributed by atoms with van der Waals surface area (Å²) in [5.41, 5.74) is 4.44. The highest BCUT2D eigenvalue weighted by atomic mass is 16.4. The first-order chi connectivity index (χ1) is 12.3. The molecule has 1 heterocycles. The molecule has 1 aromatic heterocycles. The average Bonchev–Trinajstić information content (AvgIpc) is 3.01. The molecule has 4 rings (SSSR count). The number of nitrogens with zero attached hydrogens (tertiary/aromatic N) is 1. The molecule has 3 heteroatoms. The molecule has 4 aromatic rings. The van der Waals surface area contributed by atoms with Crippen molar-refractivity contribution in [2.75, 3.05) is 0 Å². The van der Waals surface area contributed by atoms with Crippen LogP contribution in [0.15, 0.2) is 94.1 Å². The molecule has 0 aliphatic heterocycles. The number of rotatable bonds is 3. The Kier molecular flexibility index (Phi) is 3.82. The van der Waals surface area contributed by atoms with Crippen LogP contribution in [0.3, 0.4) is 0 Å². The Hall–Kier alpha value is -3.33. The third kappa shape index (κ3) is 2.70. The fourth-order valence-electron chi connectivity index (χ4n) is 3.05. The quantitative estimate of drug-likeness (QED) is 0.526. The van der Waals surface area contributed by atoms with Gasteiger partial charge in [0, 0.05) is 11.1 Å². The van der Waals surface area contributed by atoms with Gasteiger partial charge < -0.3 is 4.42 Å². The summed E-state index contributed by atoms with van der Waals surface area (Å²) in [4.78, 5) is 12.8. The van der Waals surface area contributed by atoms with Gasteiger partial charge in [-0.1, -0.05) is 78.9 Å². The Morgan fingerprint density at radius 1 is 0.720 bits per heavy atom. The molecule has 3 nitrogen and oxygen atoms in total. The summed E-state index contributed by atoms with van der Waals surface area (Å²) in [5.74, 6) is 0.201. The lowest BCUT2D eigenvalue weighted by Gasteiger charge is -2.10. The van der Waals surface area contributed by atoms with Crippen LogP contribution in [-0.4, -0.2) is 4.57 Å². The Labute approximate surface area is 145 Å². The lowest BCUT2D eigenvalue weighted by atomic mass is 10.0. The van der Waals surface area contributed by atoms with Crippen LogP contribution in [0.5, 0.6) is 0 Å². The first-order valence-corrected chi connectivity index (χ1v) is 8.18. The van der Waals surface area contributed by atoms with Gasteiger partial charge in [0.1, 0.15) is 5.69 Å². The highest BCUT2D eigenvalue weighted by molar-refractivity contribution is 5.78. The minimum atomic E-state index is -0.382. The number of hydrogen-bond donors (Lipinski definition) is 0. The van der Waals surface area contributed by atoms with Crippen LogP contribution in [0.1, 0.15) is 5.56 Å². The maximum Gasteiger partial charge on any atom is 0.424 e. The van der Waals surface area contributed by atoms with Crippen LogP contribution in [0, 0.1) is 6.92 Å². The second kappa shape index (κ2) is 6.29. The molecule has 0 radical (unpaired) electrons. The smallest absolute Gasteiger partial charge is 0.407 e. The lowest BCUT2D eigenvalue weighted by Crippen LogP contribution is -2.14. The average molecular weight is 327 g/mol. The highest BCUT2D eigenvalue weighted by Gasteiger charge is 2.21. The van der Waals surface area contributed by atoms with E-state index in [1.54, 1.807) is 4.57 Å². The maximum atomic E-state index is 12.8. The predicted molar refractivity (Wildman–Crippen MR) is 99.9 cm³/mol. The van der Waals surface area contributed by atoms with Gasteiger partial charge in [0.25, 0.3) is 0 Å². The van der Waals surface area contributed by atoms with Crippen molar-refractivity contribution in [3.8, 4) is 28.3 Å². The second-order valence-corrected chi connectivity index (χ2v) is 5.90. The molecule has 3 aromatic carbocycles. The first kappa shape index (κ1) is 15.2. The fraction of sp³-hybridized carbons (Fsp3) is 0.0455. The molecular formula is C22H17NO2. The third-order valence-corrected chi connectivity index (χ3v) is 4.25. The van der Waals surface area contributed by atoms with E-state index >= 15 is 0 Å². The molecule has 0 unspecified atom stereocenters. The van der Waals surface area contributed by atoms with Gasteiger partial charge in [-0.15, -0.1) is 0 Å². The van der Waals surface area contributed by atoms with E-state index in [-0.39, 0.29) is 5.76 Å². The number of oxazole rings is 1. The van der Waals surface area contributed by atoms with Crippen molar-refractivity contribution < 1.29 is 4.42 Å². The molecule has 0 atom stereocenters. The van der Waals surface area contributed by atoms with E-state index in [1.165, 1.54) is 0 Å². The normalized spacial score (nSPS) is 10.8. The largest absolute Gasteiger partial charge is 0.424 e. The number of aryl methyl sites for hydroxylation is 1. The zero-order valence-electron chi connectivity index (χ0n) is 13.8. The number of benzene rings is 3. The predicted octanol–water partition coefficient (Wildman–Crippen LogP) is 5.07. The van der Waals surface area contributed by atoms with Crippen LogP contribution in [-0.2, 0) is 0 Å². The van der Waals surface area contributed by atoms with E-state index in [1.807, 2.05) is 91.9 Å². The van der Waals surface area contributed by atoms with Crippen LogP contribution >= 0.6 is 0 Å². The van der Waals surface area contributed by atoms with Gasteiger partial charge in [-0.05, 0) is 18.6 Å². The summed E-state index contributed by atoms with van der Waals surface area (Å²) in [6.45, 7) is 1.99. The molecule has 0 saturated heterocycles. The molecule has 0 aliphatic rings. The summed E-state index contributed by atoms with van der Waals surface area (Å²) in [5, 5.41) is 0. The monoisotopic (exact) mass is 327 g/mol. The minimum Gasteiger partial charge on any atom is -0.407 e. The van der Waals surface area contributed by atoms with E-state index in [4.69, 9.17) is 4.42 Å². The first-order valence-electron chi connectivity index (χ1n) is 8.18. The molecule has 0 amide bonds. The van der Waals surface area contributed by atoms with Crippen LogP contribution in [0.25, 0.3) is 28.3 Å². The van der Waals surface area contributed by atoms with Gasteiger partial charge in [0.2, 0.25) is 0 Å². The van der Waals surface area contributed by atoms with Gasteiger partial charge in [0.05, 0.1) is 5.69 Å². The molecule has 0 fully saturated rings. The molecule has 0 N–H and O–H groups in total. The Bertz CT molecular complexity index is 1060. The van der Waals surface area contributed by atoms with E-state index in [0.717, 1.165) is 28.1 Å². The van der Waals surface area contributed by atoms with E-state index in [2.05, 4.69) is 0 Å². The van der Waals surface area contributed by atoms with Crippen molar-refractivity contribution in [3.05, 3.63) is 101 Å². The highest BCUT2D eigenvalue weighted by Crippen LogP contribution is 2.33. The molecule has 0 bridgehead atoms. The summed E-state index contributed by atoms with van der Waals surface area (Å²) < 4.78 is 7.36. The summed E-state index contributed by atoms with van der Waals surface area (Å²) >= 11 is 0. The van der Waals surface area contributed by atoms with Crippen molar-refractivity contribution in [2.45, 2.75) is 6.92 Å². The molecular weight excluding hydrogens is 310 g/mol. The summed E-state index contributed by atoms with van der Waals surface area (Å²) in [6, 6.07) is 27.4. The zero-order valence-corrected chi connectivity index (χ0v) is 13.8. The summed E-state index contributed by atoms with van der Waals surface area (Å²) in [6.07, 6.45) is 0. The molecule has 0 spiro atoms. The van der Waals surface area contributed by atoms with Crippen molar-refractivity contribution in [1.82, 2.24) is 4.57 Å². The van der Waals surface area contributed by atoms with E-state index < -0.39 is 0 Å². The number of aromatic nitrogens is 1. The van der Waals surface area contributed by atoms with Gasteiger partial charge in [-0.2, -0.15) is 0 Å². The van der Waals surface area contributed by atoms with Gasteiger partial charge >= 0.3 is 5.76 Å². The molecule has 0 aliphatic carbocycles. The van der Waals surface area contributed by atoms with Crippen LogP contribution < -0.4 is 5.76 Å². The third-order valence-electron chi connectivity index (χ3n) is 4.25. The van der Waals surface area contributed by atoms with Crippen molar-refractivity contribution in [2.24, 2.45) is 0 Å².